The summed E-state index contributed by atoms with van der Waals surface area (Å²) in [6.07, 6.45) is 4.35. The van der Waals surface area contributed by atoms with Gasteiger partial charge in [-0.15, -0.1) is 0 Å². The zero-order valence-electron chi connectivity index (χ0n) is 10.9. The van der Waals surface area contributed by atoms with Crippen molar-refractivity contribution >= 4 is 6.09 Å². The third-order valence-corrected chi connectivity index (χ3v) is 3.20. The van der Waals surface area contributed by atoms with Crippen molar-refractivity contribution in [2.75, 3.05) is 46.4 Å². The highest BCUT2D eigenvalue weighted by atomic mass is 16.5. The molecule has 0 spiro atoms. The Bertz CT molecular complexity index is 224. The molecule has 100 valence electrons. The first-order valence-corrected chi connectivity index (χ1v) is 6.53. The molecule has 1 amide bonds. The molecule has 0 saturated carbocycles. The zero-order chi connectivity index (χ0) is 12.5. The van der Waals surface area contributed by atoms with Crippen LogP contribution in [-0.4, -0.2) is 62.3 Å². The van der Waals surface area contributed by atoms with Crippen molar-refractivity contribution in [1.29, 1.82) is 0 Å². The first kappa shape index (κ1) is 14.3. The predicted octanol–water partition coefficient (Wildman–Crippen LogP) is 0.890. The Morgan fingerprint density at radius 1 is 1.18 bits per heavy atom. The van der Waals surface area contributed by atoms with E-state index >= 15 is 0 Å². The van der Waals surface area contributed by atoms with Crippen molar-refractivity contribution in [2.45, 2.75) is 25.7 Å². The number of carbonyl (C=O) groups is 1. The first-order chi connectivity index (χ1) is 8.27. The molecule has 5 heteroatoms. The number of amides is 1. The second kappa shape index (κ2) is 8.31. The van der Waals surface area contributed by atoms with E-state index < -0.39 is 0 Å². The molecule has 5 nitrogen and oxygen atoms in total. The summed E-state index contributed by atoms with van der Waals surface area (Å²) in [5.74, 6) is 0. The Balaban J connectivity index is 2.20. The van der Waals surface area contributed by atoms with Crippen LogP contribution in [0.25, 0.3) is 0 Å². The fourth-order valence-electron chi connectivity index (χ4n) is 2.16. The largest absolute Gasteiger partial charge is 0.453 e. The third-order valence-electron chi connectivity index (χ3n) is 3.20. The predicted molar refractivity (Wildman–Crippen MR) is 67.9 cm³/mol. The van der Waals surface area contributed by atoms with Gasteiger partial charge < -0.3 is 20.3 Å². The standard InChI is InChI=1S/C12H25N3O2/c1-17-12(16)15-9-5-8-14(10-11-15)7-4-2-3-6-13/h2-11,13H2,1H3. The highest BCUT2D eigenvalue weighted by Crippen LogP contribution is 2.06. The molecular formula is C12H25N3O2. The summed E-state index contributed by atoms with van der Waals surface area (Å²) in [6, 6.07) is 0. The summed E-state index contributed by atoms with van der Waals surface area (Å²) < 4.78 is 4.75. The summed E-state index contributed by atoms with van der Waals surface area (Å²) in [5.41, 5.74) is 5.47. The number of unbranched alkanes of at least 4 members (excludes halogenated alkanes) is 2. The molecule has 0 aromatic carbocycles. The smallest absolute Gasteiger partial charge is 0.409 e. The summed E-state index contributed by atoms with van der Waals surface area (Å²) >= 11 is 0. The van der Waals surface area contributed by atoms with Gasteiger partial charge in [0.15, 0.2) is 0 Å². The fourth-order valence-corrected chi connectivity index (χ4v) is 2.16. The van der Waals surface area contributed by atoms with E-state index in [4.69, 9.17) is 10.5 Å². The molecule has 0 bridgehead atoms. The summed E-state index contributed by atoms with van der Waals surface area (Å²) in [6.45, 7) is 5.54. The number of hydrogen-bond donors (Lipinski definition) is 1. The topological polar surface area (TPSA) is 58.8 Å². The Hall–Kier alpha value is -0.810. The minimum Gasteiger partial charge on any atom is -0.453 e. The van der Waals surface area contributed by atoms with Gasteiger partial charge in [-0.05, 0) is 38.9 Å². The van der Waals surface area contributed by atoms with Crippen LogP contribution in [0.15, 0.2) is 0 Å². The molecule has 1 aliphatic heterocycles. The lowest BCUT2D eigenvalue weighted by molar-refractivity contribution is 0.124. The molecule has 17 heavy (non-hydrogen) atoms. The van der Waals surface area contributed by atoms with Gasteiger partial charge in [0.05, 0.1) is 7.11 Å². The maximum Gasteiger partial charge on any atom is 0.409 e. The van der Waals surface area contributed by atoms with Crippen molar-refractivity contribution in [1.82, 2.24) is 9.80 Å². The summed E-state index contributed by atoms with van der Waals surface area (Å²) in [7, 11) is 1.44. The van der Waals surface area contributed by atoms with Gasteiger partial charge in [-0.3, -0.25) is 0 Å². The van der Waals surface area contributed by atoms with Gasteiger partial charge in [0, 0.05) is 19.6 Å². The number of hydrogen-bond acceptors (Lipinski definition) is 4. The molecule has 0 aliphatic carbocycles. The zero-order valence-corrected chi connectivity index (χ0v) is 10.9. The minimum atomic E-state index is -0.199. The van der Waals surface area contributed by atoms with Gasteiger partial charge in [0.25, 0.3) is 0 Å². The van der Waals surface area contributed by atoms with Crippen molar-refractivity contribution in [3.8, 4) is 0 Å². The van der Waals surface area contributed by atoms with Gasteiger partial charge in [-0.1, -0.05) is 6.42 Å². The molecule has 0 atom stereocenters. The highest BCUT2D eigenvalue weighted by Gasteiger charge is 2.18. The van der Waals surface area contributed by atoms with Gasteiger partial charge in [-0.25, -0.2) is 4.79 Å². The molecule has 1 rings (SSSR count). The molecule has 0 unspecified atom stereocenters. The SMILES string of the molecule is COC(=O)N1CCCN(CCCCCN)CC1. The van der Waals surface area contributed by atoms with E-state index in [1.807, 2.05) is 0 Å². The lowest BCUT2D eigenvalue weighted by Gasteiger charge is -2.20. The van der Waals surface area contributed by atoms with Gasteiger partial charge in [0.2, 0.25) is 0 Å². The average Bonchev–Trinajstić information content (AvgIpc) is 2.59. The monoisotopic (exact) mass is 243 g/mol. The van der Waals surface area contributed by atoms with Crippen LogP contribution in [-0.2, 0) is 4.74 Å². The van der Waals surface area contributed by atoms with Gasteiger partial charge in [-0.2, -0.15) is 0 Å². The van der Waals surface area contributed by atoms with Crippen LogP contribution in [0.2, 0.25) is 0 Å². The minimum absolute atomic E-state index is 0.199. The van der Waals surface area contributed by atoms with E-state index in [1.165, 1.54) is 20.0 Å². The number of nitrogens with zero attached hydrogens (tertiary/aromatic N) is 2. The van der Waals surface area contributed by atoms with Crippen LogP contribution < -0.4 is 5.73 Å². The van der Waals surface area contributed by atoms with Crippen LogP contribution in [0.4, 0.5) is 4.79 Å². The average molecular weight is 243 g/mol. The first-order valence-electron chi connectivity index (χ1n) is 6.53. The maximum absolute atomic E-state index is 11.4. The second-order valence-corrected chi connectivity index (χ2v) is 4.50. The highest BCUT2D eigenvalue weighted by molar-refractivity contribution is 5.67. The van der Waals surface area contributed by atoms with Crippen LogP contribution in [0.1, 0.15) is 25.7 Å². The quantitative estimate of drug-likeness (QED) is 0.729. The Labute approximate surface area is 104 Å². The van der Waals surface area contributed by atoms with E-state index in [9.17, 15) is 4.79 Å². The van der Waals surface area contributed by atoms with Crippen LogP contribution in [0.3, 0.4) is 0 Å². The summed E-state index contributed by atoms with van der Waals surface area (Å²) in [5, 5.41) is 0. The Morgan fingerprint density at radius 3 is 2.71 bits per heavy atom. The molecule has 1 saturated heterocycles. The van der Waals surface area contributed by atoms with Crippen molar-refractivity contribution in [3.05, 3.63) is 0 Å². The van der Waals surface area contributed by atoms with Crippen LogP contribution in [0.5, 0.6) is 0 Å². The van der Waals surface area contributed by atoms with Crippen molar-refractivity contribution in [2.24, 2.45) is 5.73 Å². The molecular weight excluding hydrogens is 218 g/mol. The number of ether oxygens (including phenoxy) is 1. The molecule has 2 N–H and O–H groups in total. The lowest BCUT2D eigenvalue weighted by Crippen LogP contribution is -2.35. The molecule has 1 aliphatic rings. The van der Waals surface area contributed by atoms with E-state index in [0.29, 0.717) is 0 Å². The number of carbonyl (C=O) groups excluding carboxylic acids is 1. The van der Waals surface area contributed by atoms with Crippen LogP contribution in [0, 0.1) is 0 Å². The normalized spacial score (nSPS) is 17.9. The molecule has 1 fully saturated rings. The number of rotatable bonds is 5. The van der Waals surface area contributed by atoms with Crippen molar-refractivity contribution < 1.29 is 9.53 Å². The summed E-state index contributed by atoms with van der Waals surface area (Å²) in [4.78, 5) is 15.6. The van der Waals surface area contributed by atoms with Gasteiger partial charge in [0.1, 0.15) is 0 Å². The van der Waals surface area contributed by atoms with Crippen molar-refractivity contribution in [3.63, 3.8) is 0 Å². The van der Waals surface area contributed by atoms with Crippen LogP contribution >= 0.6 is 0 Å². The van der Waals surface area contributed by atoms with E-state index in [0.717, 1.165) is 52.1 Å². The van der Waals surface area contributed by atoms with E-state index in [2.05, 4.69) is 4.90 Å². The Morgan fingerprint density at radius 2 is 2.00 bits per heavy atom. The number of nitrogens with two attached hydrogens (primary N) is 1. The maximum atomic E-state index is 11.4. The fraction of sp³-hybridized carbons (Fsp3) is 0.917. The molecule has 1 heterocycles. The Kier molecular flexibility index (Phi) is 6.96. The second-order valence-electron chi connectivity index (χ2n) is 4.50. The molecule has 0 radical (unpaired) electrons. The van der Waals surface area contributed by atoms with E-state index in [1.54, 1.807) is 4.90 Å². The van der Waals surface area contributed by atoms with E-state index in [-0.39, 0.29) is 6.09 Å². The number of methoxy groups -OCH3 is 1. The lowest BCUT2D eigenvalue weighted by atomic mass is 10.2. The van der Waals surface area contributed by atoms with Gasteiger partial charge >= 0.3 is 6.09 Å². The molecule has 0 aromatic heterocycles. The molecule has 0 aromatic rings. The third kappa shape index (κ3) is 5.37.